The zero-order valence-corrected chi connectivity index (χ0v) is 21.7. The summed E-state index contributed by atoms with van der Waals surface area (Å²) in [5.41, 5.74) is 4.67. The number of aromatic carboxylic acids is 1. The van der Waals surface area contributed by atoms with Crippen molar-refractivity contribution in [1.29, 1.82) is 0 Å². The molecule has 190 valence electrons. The number of benzene rings is 3. The molecule has 0 unspecified atom stereocenters. The Bertz CT molecular complexity index is 1180. The number of unbranched alkanes of at least 4 members (excludes halogenated alkanes) is 1. The van der Waals surface area contributed by atoms with Crippen molar-refractivity contribution in [2.24, 2.45) is 0 Å². The van der Waals surface area contributed by atoms with Crippen LogP contribution in [0.4, 0.5) is 0 Å². The van der Waals surface area contributed by atoms with Crippen LogP contribution < -0.4 is 9.47 Å². The van der Waals surface area contributed by atoms with Gasteiger partial charge in [0.25, 0.3) is 0 Å². The highest BCUT2D eigenvalue weighted by molar-refractivity contribution is 5.92. The first-order valence-corrected chi connectivity index (χ1v) is 12.8. The fourth-order valence-corrected chi connectivity index (χ4v) is 4.28. The maximum atomic E-state index is 12.8. The highest BCUT2D eigenvalue weighted by atomic mass is 16.5. The van der Waals surface area contributed by atoms with E-state index in [-0.39, 0.29) is 5.92 Å². The molecule has 0 bridgehead atoms. The number of hydrogen-bond donors (Lipinski definition) is 1. The second kappa shape index (κ2) is 12.9. The standard InChI is InChI=1S/C31H36O5/c1-5-8-9-21(4)29-20-26(36-31(34)23-10-13-25(14-11-23)35-18-6-2)15-17-27(29)24-12-16-28(30(32)33)22(7-3)19-24/h10-17,19-21H,5-9,18H2,1-4H3,(H,32,33)/t21-/m1/s1. The Morgan fingerprint density at radius 1 is 0.889 bits per heavy atom. The number of rotatable bonds is 12. The minimum absolute atomic E-state index is 0.248. The summed E-state index contributed by atoms with van der Waals surface area (Å²) in [6.07, 6.45) is 4.75. The van der Waals surface area contributed by atoms with Crippen molar-refractivity contribution in [2.45, 2.75) is 65.7 Å². The first-order valence-electron chi connectivity index (χ1n) is 12.8. The quantitative estimate of drug-likeness (QED) is 0.207. The summed E-state index contributed by atoms with van der Waals surface area (Å²) in [6.45, 7) is 8.99. The number of carboxylic acid groups (broad SMARTS) is 1. The SMILES string of the molecule is CCCC[C@@H](C)c1cc(OC(=O)c2ccc(OCCC)cc2)ccc1-c1ccc(C(=O)O)c(CC)c1. The van der Waals surface area contributed by atoms with E-state index in [1.165, 1.54) is 0 Å². The van der Waals surface area contributed by atoms with Crippen LogP contribution in [-0.4, -0.2) is 23.7 Å². The molecular formula is C31H36O5. The van der Waals surface area contributed by atoms with Crippen LogP contribution in [0.15, 0.2) is 60.7 Å². The lowest BCUT2D eigenvalue weighted by Crippen LogP contribution is -2.09. The Kier molecular flexibility index (Phi) is 9.69. The largest absolute Gasteiger partial charge is 0.494 e. The molecule has 1 N–H and O–H groups in total. The van der Waals surface area contributed by atoms with Gasteiger partial charge in [0, 0.05) is 0 Å². The molecule has 0 heterocycles. The molecule has 0 saturated heterocycles. The summed E-state index contributed by atoms with van der Waals surface area (Å²) < 4.78 is 11.3. The molecule has 3 aromatic carbocycles. The van der Waals surface area contributed by atoms with Gasteiger partial charge in [0.2, 0.25) is 0 Å². The monoisotopic (exact) mass is 488 g/mol. The van der Waals surface area contributed by atoms with Gasteiger partial charge in [-0.25, -0.2) is 9.59 Å². The molecule has 0 saturated carbocycles. The number of carbonyl (C=O) groups is 2. The van der Waals surface area contributed by atoms with Crippen LogP contribution in [0, 0.1) is 0 Å². The zero-order chi connectivity index (χ0) is 26.1. The van der Waals surface area contributed by atoms with Crippen LogP contribution in [0.1, 0.15) is 91.1 Å². The Morgan fingerprint density at radius 3 is 2.25 bits per heavy atom. The number of esters is 1. The van der Waals surface area contributed by atoms with Gasteiger partial charge in [0.1, 0.15) is 11.5 Å². The van der Waals surface area contributed by atoms with Crippen molar-refractivity contribution in [2.75, 3.05) is 6.61 Å². The Labute approximate surface area is 214 Å². The lowest BCUT2D eigenvalue weighted by atomic mass is 9.87. The number of hydrogen-bond acceptors (Lipinski definition) is 4. The molecule has 0 fully saturated rings. The van der Waals surface area contributed by atoms with Crippen molar-refractivity contribution in [1.82, 2.24) is 0 Å². The average molecular weight is 489 g/mol. The van der Waals surface area contributed by atoms with Crippen molar-refractivity contribution in [3.05, 3.63) is 82.9 Å². The molecular weight excluding hydrogens is 452 g/mol. The van der Waals surface area contributed by atoms with E-state index in [1.807, 2.05) is 38.1 Å². The van der Waals surface area contributed by atoms with Gasteiger partial charge < -0.3 is 14.6 Å². The minimum atomic E-state index is -0.915. The van der Waals surface area contributed by atoms with Gasteiger partial charge in [-0.15, -0.1) is 0 Å². The predicted octanol–water partition coefficient (Wildman–Crippen LogP) is 7.92. The van der Waals surface area contributed by atoms with Gasteiger partial charge in [-0.2, -0.15) is 0 Å². The second-order valence-electron chi connectivity index (χ2n) is 9.09. The Balaban J connectivity index is 1.91. The van der Waals surface area contributed by atoms with Crippen molar-refractivity contribution in [3.63, 3.8) is 0 Å². The van der Waals surface area contributed by atoms with Crippen LogP contribution in [-0.2, 0) is 6.42 Å². The molecule has 5 nitrogen and oxygen atoms in total. The number of ether oxygens (including phenoxy) is 2. The molecule has 0 aliphatic heterocycles. The van der Waals surface area contributed by atoms with Crippen LogP contribution >= 0.6 is 0 Å². The fourth-order valence-electron chi connectivity index (χ4n) is 4.28. The minimum Gasteiger partial charge on any atom is -0.494 e. The summed E-state index contributed by atoms with van der Waals surface area (Å²) in [4.78, 5) is 24.4. The fraction of sp³-hybridized carbons (Fsp3) is 0.355. The number of carbonyl (C=O) groups excluding carboxylic acids is 1. The predicted molar refractivity (Wildman–Crippen MR) is 143 cm³/mol. The average Bonchev–Trinajstić information content (AvgIpc) is 2.90. The Morgan fingerprint density at radius 2 is 1.61 bits per heavy atom. The van der Waals surface area contributed by atoms with E-state index in [1.54, 1.807) is 36.4 Å². The maximum absolute atomic E-state index is 12.8. The summed E-state index contributed by atoms with van der Waals surface area (Å²) >= 11 is 0. The zero-order valence-electron chi connectivity index (χ0n) is 21.7. The van der Waals surface area contributed by atoms with E-state index in [0.717, 1.165) is 53.7 Å². The summed E-state index contributed by atoms with van der Waals surface area (Å²) in [6, 6.07) is 18.2. The molecule has 3 rings (SSSR count). The maximum Gasteiger partial charge on any atom is 0.343 e. The third-order valence-electron chi connectivity index (χ3n) is 6.35. The lowest BCUT2D eigenvalue weighted by molar-refractivity contribution is 0.0693. The normalized spacial score (nSPS) is 11.7. The van der Waals surface area contributed by atoms with E-state index in [2.05, 4.69) is 13.8 Å². The summed E-state index contributed by atoms with van der Waals surface area (Å²) in [5.74, 6) is 0.132. The van der Waals surface area contributed by atoms with E-state index in [0.29, 0.717) is 29.9 Å². The van der Waals surface area contributed by atoms with Crippen LogP contribution in [0.25, 0.3) is 11.1 Å². The third-order valence-corrected chi connectivity index (χ3v) is 6.35. The molecule has 0 aliphatic carbocycles. The molecule has 0 spiro atoms. The van der Waals surface area contributed by atoms with E-state index < -0.39 is 11.9 Å². The molecule has 36 heavy (non-hydrogen) atoms. The topological polar surface area (TPSA) is 72.8 Å². The van der Waals surface area contributed by atoms with Gasteiger partial charge in [0.05, 0.1) is 17.7 Å². The van der Waals surface area contributed by atoms with Crippen LogP contribution in [0.3, 0.4) is 0 Å². The second-order valence-corrected chi connectivity index (χ2v) is 9.09. The van der Waals surface area contributed by atoms with E-state index >= 15 is 0 Å². The molecule has 3 aromatic rings. The molecule has 1 atom stereocenters. The van der Waals surface area contributed by atoms with Crippen LogP contribution in [0.5, 0.6) is 11.5 Å². The summed E-state index contributed by atoms with van der Waals surface area (Å²) in [5, 5.41) is 9.51. The van der Waals surface area contributed by atoms with Crippen molar-refractivity contribution >= 4 is 11.9 Å². The highest BCUT2D eigenvalue weighted by Gasteiger charge is 2.17. The van der Waals surface area contributed by atoms with Gasteiger partial charge in [-0.1, -0.05) is 58.7 Å². The summed E-state index contributed by atoms with van der Waals surface area (Å²) in [7, 11) is 0. The molecule has 0 aliphatic rings. The van der Waals surface area contributed by atoms with Crippen molar-refractivity contribution in [3.8, 4) is 22.6 Å². The molecule has 5 heteroatoms. The van der Waals surface area contributed by atoms with Crippen molar-refractivity contribution < 1.29 is 24.2 Å². The number of aryl methyl sites for hydroxylation is 1. The number of carboxylic acids is 1. The van der Waals surface area contributed by atoms with E-state index in [4.69, 9.17) is 9.47 Å². The first-order chi connectivity index (χ1) is 17.4. The van der Waals surface area contributed by atoms with E-state index in [9.17, 15) is 14.7 Å². The van der Waals surface area contributed by atoms with Gasteiger partial charge in [0.15, 0.2) is 0 Å². The smallest absolute Gasteiger partial charge is 0.343 e. The van der Waals surface area contributed by atoms with Gasteiger partial charge in [-0.3, -0.25) is 0 Å². The Hall–Kier alpha value is -3.60. The van der Waals surface area contributed by atoms with Gasteiger partial charge >= 0.3 is 11.9 Å². The van der Waals surface area contributed by atoms with Gasteiger partial charge in [-0.05, 0) is 89.9 Å². The lowest BCUT2D eigenvalue weighted by Gasteiger charge is -2.19. The van der Waals surface area contributed by atoms with Crippen LogP contribution in [0.2, 0.25) is 0 Å². The molecule has 0 radical (unpaired) electrons. The highest BCUT2D eigenvalue weighted by Crippen LogP contribution is 2.36. The molecule has 0 amide bonds. The first kappa shape index (κ1) is 27.0. The molecule has 0 aromatic heterocycles. The third kappa shape index (κ3) is 6.75.